The lowest BCUT2D eigenvalue weighted by molar-refractivity contribution is -0.123. The van der Waals surface area contributed by atoms with E-state index < -0.39 is 17.6 Å². The van der Waals surface area contributed by atoms with E-state index in [2.05, 4.69) is 41.0 Å². The van der Waals surface area contributed by atoms with Crippen LogP contribution in [0.5, 0.6) is 0 Å². The second-order valence-electron chi connectivity index (χ2n) is 12.4. The molecule has 1 unspecified atom stereocenters. The molecule has 2 aromatic heterocycles. The Hall–Kier alpha value is -4.21. The van der Waals surface area contributed by atoms with E-state index in [0.717, 1.165) is 5.56 Å². The van der Waals surface area contributed by atoms with Crippen LogP contribution in [0.3, 0.4) is 0 Å². The summed E-state index contributed by atoms with van der Waals surface area (Å²) in [6.45, 7) is 12.8. The third-order valence-electron chi connectivity index (χ3n) is 6.96. The zero-order valence-corrected chi connectivity index (χ0v) is 24.7. The van der Waals surface area contributed by atoms with Crippen LogP contribution in [0, 0.1) is 0 Å². The number of aromatic amines is 1. The van der Waals surface area contributed by atoms with Gasteiger partial charge >= 0.3 is 6.09 Å². The molecule has 3 heterocycles. The van der Waals surface area contributed by atoms with Crippen molar-refractivity contribution in [3.05, 3.63) is 78.1 Å². The number of ether oxygens (including phenoxy) is 1. The molecular formula is C31H40N6O4. The highest BCUT2D eigenvalue weighted by Crippen LogP contribution is 2.32. The van der Waals surface area contributed by atoms with Gasteiger partial charge in [-0.25, -0.2) is 9.78 Å². The lowest BCUT2D eigenvalue weighted by Gasteiger charge is -2.36. The number of aromatic nitrogens is 3. The van der Waals surface area contributed by atoms with Gasteiger partial charge in [-0.1, -0.05) is 39.0 Å². The van der Waals surface area contributed by atoms with E-state index in [1.165, 1.54) is 17.4 Å². The van der Waals surface area contributed by atoms with Crippen molar-refractivity contribution in [1.82, 2.24) is 25.2 Å². The maximum absolute atomic E-state index is 14.1. The van der Waals surface area contributed by atoms with E-state index in [0.29, 0.717) is 37.2 Å². The van der Waals surface area contributed by atoms with Crippen molar-refractivity contribution < 1.29 is 19.1 Å². The lowest BCUT2D eigenvalue weighted by atomic mass is 9.87. The Morgan fingerprint density at radius 3 is 2.22 bits per heavy atom. The first kappa shape index (κ1) is 29.8. The van der Waals surface area contributed by atoms with Crippen LogP contribution in [0.15, 0.2) is 61.3 Å². The maximum atomic E-state index is 14.1. The molecule has 10 heteroatoms. The van der Waals surface area contributed by atoms with E-state index in [9.17, 15) is 14.4 Å². The molecule has 0 aliphatic carbocycles. The van der Waals surface area contributed by atoms with Crippen LogP contribution >= 0.6 is 0 Å². The fourth-order valence-electron chi connectivity index (χ4n) is 4.78. The summed E-state index contributed by atoms with van der Waals surface area (Å²) in [5, 5.41) is 3.15. The van der Waals surface area contributed by atoms with Gasteiger partial charge in [0.25, 0.3) is 5.91 Å². The van der Waals surface area contributed by atoms with Gasteiger partial charge in [-0.3, -0.25) is 19.5 Å². The number of H-pyrrole nitrogens is 1. The quantitative estimate of drug-likeness (QED) is 0.438. The molecule has 10 nitrogen and oxygen atoms in total. The molecule has 3 aromatic rings. The molecule has 4 rings (SSSR count). The van der Waals surface area contributed by atoms with Crippen LogP contribution in [0.2, 0.25) is 0 Å². The summed E-state index contributed by atoms with van der Waals surface area (Å²) in [4.78, 5) is 54.8. The number of piperidine rings is 1. The second kappa shape index (κ2) is 12.1. The molecule has 0 spiro atoms. The number of pyridine rings is 1. The molecule has 41 heavy (non-hydrogen) atoms. The molecule has 1 saturated heterocycles. The summed E-state index contributed by atoms with van der Waals surface area (Å²) in [6.07, 6.45) is 6.90. The maximum Gasteiger partial charge on any atom is 0.410 e. The first-order valence-electron chi connectivity index (χ1n) is 13.9. The van der Waals surface area contributed by atoms with Crippen LogP contribution in [-0.4, -0.2) is 62.5 Å². The van der Waals surface area contributed by atoms with E-state index in [1.54, 1.807) is 29.4 Å². The third-order valence-corrected chi connectivity index (χ3v) is 6.96. The smallest absolute Gasteiger partial charge is 0.410 e. The van der Waals surface area contributed by atoms with Crippen molar-refractivity contribution in [3.8, 4) is 0 Å². The summed E-state index contributed by atoms with van der Waals surface area (Å²) >= 11 is 0. The largest absolute Gasteiger partial charge is 0.444 e. The SMILES string of the molecule is CC(C)(C)OC(=O)N1CCC(NC(=O)C(c2cccnc2)N(C(=O)c2cnc[nH]2)c2ccc(C(C)(C)C)cc2)CC1. The van der Waals surface area contributed by atoms with Crippen molar-refractivity contribution in [1.29, 1.82) is 0 Å². The summed E-state index contributed by atoms with van der Waals surface area (Å²) in [7, 11) is 0. The van der Waals surface area contributed by atoms with Gasteiger partial charge in [-0.2, -0.15) is 0 Å². The molecule has 1 aliphatic heterocycles. The first-order valence-corrected chi connectivity index (χ1v) is 13.9. The van der Waals surface area contributed by atoms with Gasteiger partial charge in [0, 0.05) is 42.8 Å². The van der Waals surface area contributed by atoms with Crippen LogP contribution in [0.25, 0.3) is 0 Å². The Morgan fingerprint density at radius 2 is 1.68 bits per heavy atom. The number of carbonyl (C=O) groups is 3. The molecule has 0 bridgehead atoms. The number of amides is 3. The molecule has 218 valence electrons. The predicted molar refractivity (Wildman–Crippen MR) is 156 cm³/mol. The number of imidazole rings is 1. The molecule has 0 saturated carbocycles. The van der Waals surface area contributed by atoms with Crippen LogP contribution in [0.4, 0.5) is 10.5 Å². The summed E-state index contributed by atoms with van der Waals surface area (Å²) in [5.74, 6) is -0.726. The number of likely N-dealkylation sites (tertiary alicyclic amines) is 1. The fourth-order valence-corrected chi connectivity index (χ4v) is 4.78. The Labute approximate surface area is 241 Å². The molecular weight excluding hydrogens is 520 g/mol. The van der Waals surface area contributed by atoms with Gasteiger partial charge in [0.05, 0.1) is 12.5 Å². The molecule has 1 aliphatic rings. The van der Waals surface area contributed by atoms with Gasteiger partial charge in [0.15, 0.2) is 0 Å². The van der Waals surface area contributed by atoms with E-state index in [4.69, 9.17) is 4.74 Å². The predicted octanol–water partition coefficient (Wildman–Crippen LogP) is 5.01. The standard InChI is InChI=1S/C31H40N6O4/c1-30(2,3)22-9-11-24(12-10-22)37(28(39)25-19-33-20-34-25)26(21-8-7-15-32-18-21)27(38)35-23-13-16-36(17-14-23)29(40)41-31(4,5)6/h7-12,15,18-20,23,26H,13-14,16-17H2,1-6H3,(H,33,34)(H,35,38). The van der Waals surface area contributed by atoms with Crippen LogP contribution < -0.4 is 10.2 Å². The highest BCUT2D eigenvalue weighted by Gasteiger charge is 2.36. The minimum absolute atomic E-state index is 0.0783. The summed E-state index contributed by atoms with van der Waals surface area (Å²) in [6, 6.07) is 10.1. The summed E-state index contributed by atoms with van der Waals surface area (Å²) in [5.41, 5.74) is 1.86. The number of hydrogen-bond donors (Lipinski definition) is 2. The van der Waals surface area contributed by atoms with E-state index >= 15 is 0 Å². The average molecular weight is 561 g/mol. The number of nitrogens with one attached hydrogen (secondary N) is 2. The van der Waals surface area contributed by atoms with Crippen molar-refractivity contribution in [2.45, 2.75) is 77.5 Å². The van der Waals surface area contributed by atoms with E-state index in [1.807, 2.05) is 45.0 Å². The number of carbonyl (C=O) groups excluding carboxylic acids is 3. The Balaban J connectivity index is 1.62. The van der Waals surface area contributed by atoms with E-state index in [-0.39, 0.29) is 29.2 Å². The van der Waals surface area contributed by atoms with Gasteiger partial charge in [0.1, 0.15) is 17.3 Å². The minimum Gasteiger partial charge on any atom is -0.444 e. The summed E-state index contributed by atoms with van der Waals surface area (Å²) < 4.78 is 5.50. The number of hydrogen-bond acceptors (Lipinski definition) is 6. The third kappa shape index (κ3) is 7.50. The molecule has 0 radical (unpaired) electrons. The van der Waals surface area contributed by atoms with Gasteiger partial charge < -0.3 is 19.9 Å². The lowest BCUT2D eigenvalue weighted by Crippen LogP contribution is -2.51. The van der Waals surface area contributed by atoms with Crippen molar-refractivity contribution >= 4 is 23.6 Å². The molecule has 1 aromatic carbocycles. The highest BCUT2D eigenvalue weighted by atomic mass is 16.6. The Morgan fingerprint density at radius 1 is 1.00 bits per heavy atom. The van der Waals surface area contributed by atoms with Crippen molar-refractivity contribution in [3.63, 3.8) is 0 Å². The van der Waals surface area contributed by atoms with Gasteiger partial charge in [-0.15, -0.1) is 0 Å². The zero-order valence-electron chi connectivity index (χ0n) is 24.7. The Bertz CT molecular complexity index is 1320. The molecule has 3 amide bonds. The highest BCUT2D eigenvalue weighted by molar-refractivity contribution is 6.09. The number of benzene rings is 1. The van der Waals surface area contributed by atoms with Crippen molar-refractivity contribution in [2.75, 3.05) is 18.0 Å². The first-order chi connectivity index (χ1) is 19.3. The topological polar surface area (TPSA) is 121 Å². The molecule has 1 atom stereocenters. The molecule has 1 fully saturated rings. The fraction of sp³-hybridized carbons (Fsp3) is 0.452. The monoisotopic (exact) mass is 560 g/mol. The minimum atomic E-state index is -0.996. The average Bonchev–Trinajstić information content (AvgIpc) is 3.46. The van der Waals surface area contributed by atoms with Crippen LogP contribution in [0.1, 0.15) is 82.0 Å². The normalized spacial score (nSPS) is 15.2. The Kier molecular flexibility index (Phi) is 8.80. The van der Waals surface area contributed by atoms with Crippen LogP contribution in [-0.2, 0) is 14.9 Å². The zero-order chi connectivity index (χ0) is 29.8. The number of anilines is 1. The van der Waals surface area contributed by atoms with Gasteiger partial charge in [-0.05, 0) is 62.8 Å². The number of rotatable bonds is 6. The van der Waals surface area contributed by atoms with Gasteiger partial charge in [0.2, 0.25) is 5.91 Å². The second-order valence-corrected chi connectivity index (χ2v) is 12.4. The van der Waals surface area contributed by atoms with Crippen molar-refractivity contribution in [2.24, 2.45) is 0 Å². The number of nitrogens with zero attached hydrogens (tertiary/aromatic N) is 4. The molecule has 2 N–H and O–H groups in total.